The number of hydrogen-bond acceptors (Lipinski definition) is 4. The Bertz CT molecular complexity index is 3070. The molecule has 4 nitrogen and oxygen atoms in total. The molecule has 3 aliphatic rings. The second-order valence-electron chi connectivity index (χ2n) is 14.9. The van der Waals surface area contributed by atoms with Crippen molar-refractivity contribution < 1.29 is 0 Å². The first-order valence-electron chi connectivity index (χ1n) is 19.2. The second kappa shape index (κ2) is 12.6. The molecule has 0 radical (unpaired) electrons. The number of hydrogen-bond donors (Lipinski definition) is 1. The predicted octanol–water partition coefficient (Wildman–Crippen LogP) is 12.1. The molecule has 0 saturated carbocycles. The number of aromatic nitrogens is 1. The highest BCUT2D eigenvalue weighted by molar-refractivity contribution is 6.11. The SMILES string of the molecule is N#CC1=CC(c2ccc(-c3ccc4c(c3)C3(c5ccccc5-c5ccccc53)c3cc(-c5ccc(-c6cc(C#N)ccn6)cc5)c5ccccc5c3-4)cc2)NC=C1. The fraction of sp³-hybridized carbons (Fsp3) is 0.0377. The maximum absolute atomic E-state index is 9.51. The average Bonchev–Trinajstić information content (AvgIpc) is 3.76. The minimum atomic E-state index is -0.537. The molecule has 0 fully saturated rings. The van der Waals surface area contributed by atoms with Gasteiger partial charge in [-0.3, -0.25) is 4.98 Å². The Morgan fingerprint density at radius 3 is 1.93 bits per heavy atom. The number of pyridine rings is 1. The van der Waals surface area contributed by atoms with E-state index in [1.165, 1.54) is 60.8 Å². The van der Waals surface area contributed by atoms with E-state index < -0.39 is 5.41 Å². The van der Waals surface area contributed by atoms with Crippen molar-refractivity contribution >= 4 is 10.8 Å². The van der Waals surface area contributed by atoms with Gasteiger partial charge in [-0.25, -0.2) is 0 Å². The Labute approximate surface area is 331 Å². The summed E-state index contributed by atoms with van der Waals surface area (Å²) in [4.78, 5) is 4.56. The maximum atomic E-state index is 9.51. The Morgan fingerprint density at radius 2 is 1.19 bits per heavy atom. The number of nitrogens with one attached hydrogen (secondary N) is 1. The van der Waals surface area contributed by atoms with Crippen LogP contribution in [0.4, 0.5) is 0 Å². The molecule has 2 heterocycles. The second-order valence-corrected chi connectivity index (χ2v) is 14.9. The van der Waals surface area contributed by atoms with Crippen LogP contribution in [-0.2, 0) is 5.41 Å². The van der Waals surface area contributed by atoms with Crippen LogP contribution in [-0.4, -0.2) is 4.98 Å². The average molecular weight is 725 g/mol. The van der Waals surface area contributed by atoms with Gasteiger partial charge < -0.3 is 5.32 Å². The smallest absolute Gasteiger partial charge is 0.0992 e. The fourth-order valence-corrected chi connectivity index (χ4v) is 9.57. The molecule has 1 aromatic heterocycles. The molecule has 1 N–H and O–H groups in total. The number of nitriles is 2. The van der Waals surface area contributed by atoms with E-state index in [4.69, 9.17) is 0 Å². The van der Waals surface area contributed by atoms with Crippen LogP contribution in [0.25, 0.3) is 66.5 Å². The summed E-state index contributed by atoms with van der Waals surface area (Å²) in [6, 6.07) is 61.6. The Hall–Kier alpha value is -7.79. The normalized spacial score (nSPS) is 15.1. The van der Waals surface area contributed by atoms with Gasteiger partial charge in [-0.15, -0.1) is 0 Å². The molecule has 1 atom stereocenters. The highest BCUT2D eigenvalue weighted by Gasteiger charge is 2.52. The van der Waals surface area contributed by atoms with Gasteiger partial charge in [0.15, 0.2) is 0 Å². The largest absolute Gasteiger partial charge is 0.381 e. The first-order chi connectivity index (χ1) is 28.1. The summed E-state index contributed by atoms with van der Waals surface area (Å²) in [5.41, 5.74) is 18.5. The van der Waals surface area contributed by atoms with Crippen molar-refractivity contribution in [3.05, 3.63) is 221 Å². The van der Waals surface area contributed by atoms with Crippen molar-refractivity contribution in [2.45, 2.75) is 11.5 Å². The third-order valence-corrected chi connectivity index (χ3v) is 12.1. The van der Waals surface area contributed by atoms with Gasteiger partial charge >= 0.3 is 0 Å². The van der Waals surface area contributed by atoms with E-state index in [2.05, 4.69) is 168 Å². The molecule has 0 amide bonds. The van der Waals surface area contributed by atoms with Crippen molar-refractivity contribution in [2.24, 2.45) is 0 Å². The lowest BCUT2D eigenvalue weighted by Gasteiger charge is -2.31. The molecule has 1 spiro atoms. The lowest BCUT2D eigenvalue weighted by molar-refractivity contribution is 0.742. The zero-order valence-electron chi connectivity index (χ0n) is 30.7. The minimum absolute atomic E-state index is 0.0481. The maximum Gasteiger partial charge on any atom is 0.0992 e. The fourth-order valence-electron chi connectivity index (χ4n) is 9.57. The zero-order valence-corrected chi connectivity index (χ0v) is 30.7. The van der Waals surface area contributed by atoms with E-state index in [9.17, 15) is 10.5 Å². The summed E-state index contributed by atoms with van der Waals surface area (Å²) in [6.07, 6.45) is 7.33. The van der Waals surface area contributed by atoms with E-state index in [0.717, 1.165) is 33.5 Å². The van der Waals surface area contributed by atoms with E-state index in [1.807, 2.05) is 18.3 Å². The van der Waals surface area contributed by atoms with Crippen LogP contribution in [0, 0.1) is 22.7 Å². The molecule has 11 rings (SSSR count). The number of benzene rings is 7. The van der Waals surface area contributed by atoms with Crippen LogP contribution in [0.3, 0.4) is 0 Å². The van der Waals surface area contributed by atoms with Crippen LogP contribution >= 0.6 is 0 Å². The van der Waals surface area contributed by atoms with Crippen LogP contribution in [0.2, 0.25) is 0 Å². The predicted molar refractivity (Wildman–Crippen MR) is 228 cm³/mol. The number of rotatable bonds is 4. The van der Waals surface area contributed by atoms with Crippen molar-refractivity contribution in [1.82, 2.24) is 10.3 Å². The van der Waals surface area contributed by atoms with Gasteiger partial charge in [0.25, 0.3) is 0 Å². The minimum Gasteiger partial charge on any atom is -0.381 e. The Kier molecular flexibility index (Phi) is 7.23. The molecule has 264 valence electrons. The zero-order chi connectivity index (χ0) is 38.1. The van der Waals surface area contributed by atoms with Gasteiger partial charge in [-0.1, -0.05) is 133 Å². The molecule has 1 aliphatic heterocycles. The summed E-state index contributed by atoms with van der Waals surface area (Å²) in [7, 11) is 0. The quantitative estimate of drug-likeness (QED) is 0.196. The van der Waals surface area contributed by atoms with Gasteiger partial charge in [0.05, 0.1) is 40.4 Å². The lowest BCUT2D eigenvalue weighted by atomic mass is 9.69. The number of fused-ring (bicyclic) bond motifs is 12. The monoisotopic (exact) mass is 724 g/mol. The van der Waals surface area contributed by atoms with Crippen LogP contribution in [0.15, 0.2) is 188 Å². The lowest BCUT2D eigenvalue weighted by Crippen LogP contribution is -2.26. The highest BCUT2D eigenvalue weighted by Crippen LogP contribution is 2.64. The van der Waals surface area contributed by atoms with E-state index >= 15 is 0 Å². The molecule has 0 saturated heterocycles. The highest BCUT2D eigenvalue weighted by atomic mass is 14.9. The molecule has 57 heavy (non-hydrogen) atoms. The molecular formula is C53H32N4. The Morgan fingerprint density at radius 1 is 0.526 bits per heavy atom. The van der Waals surface area contributed by atoms with Crippen LogP contribution in [0.5, 0.6) is 0 Å². The molecule has 2 aliphatic carbocycles. The standard InChI is InChI=1S/C53H32N4/c54-31-33-23-25-56-50(27-33)37-17-13-35(14-18-37)39-21-22-44-48(29-39)53(46-11-5-3-8-41(46)42-9-4-6-12-47(42)53)49-30-45(40-7-1-2-10-43(40)52(44)49)36-15-19-38(20-16-36)51-28-34(32-55)24-26-57-51/h1-30,50,56H. The first kappa shape index (κ1) is 32.6. The first-order valence-corrected chi connectivity index (χ1v) is 19.2. The van der Waals surface area contributed by atoms with Gasteiger partial charge in [0, 0.05) is 11.8 Å². The number of nitrogens with zero attached hydrogens (tertiary/aromatic N) is 3. The van der Waals surface area contributed by atoms with Crippen molar-refractivity contribution in [1.29, 1.82) is 10.5 Å². The van der Waals surface area contributed by atoms with E-state index in [1.54, 1.807) is 18.3 Å². The Balaban J connectivity index is 1.13. The topological polar surface area (TPSA) is 72.5 Å². The molecular weight excluding hydrogens is 693 g/mol. The molecule has 4 heteroatoms. The van der Waals surface area contributed by atoms with E-state index in [-0.39, 0.29) is 6.04 Å². The summed E-state index contributed by atoms with van der Waals surface area (Å²) >= 11 is 0. The number of dihydropyridines is 1. The summed E-state index contributed by atoms with van der Waals surface area (Å²) < 4.78 is 0. The molecule has 1 unspecified atom stereocenters. The third kappa shape index (κ3) is 4.82. The van der Waals surface area contributed by atoms with Gasteiger partial charge in [-0.2, -0.15) is 10.5 Å². The van der Waals surface area contributed by atoms with Crippen molar-refractivity contribution in [2.75, 3.05) is 0 Å². The van der Waals surface area contributed by atoms with Crippen LogP contribution in [0.1, 0.15) is 39.4 Å². The van der Waals surface area contributed by atoms with Gasteiger partial charge in [-0.05, 0) is 126 Å². The van der Waals surface area contributed by atoms with Crippen molar-refractivity contribution in [3.8, 4) is 67.9 Å². The van der Waals surface area contributed by atoms with Gasteiger partial charge in [0.1, 0.15) is 0 Å². The third-order valence-electron chi connectivity index (χ3n) is 12.1. The van der Waals surface area contributed by atoms with Crippen molar-refractivity contribution in [3.63, 3.8) is 0 Å². The summed E-state index contributed by atoms with van der Waals surface area (Å²) in [6.45, 7) is 0. The summed E-state index contributed by atoms with van der Waals surface area (Å²) in [5, 5.41) is 24.8. The number of allylic oxidation sites excluding steroid dienone is 2. The van der Waals surface area contributed by atoms with E-state index in [0.29, 0.717) is 11.1 Å². The summed E-state index contributed by atoms with van der Waals surface area (Å²) in [5.74, 6) is 0. The van der Waals surface area contributed by atoms with Gasteiger partial charge in [0.2, 0.25) is 0 Å². The molecule has 0 bridgehead atoms. The van der Waals surface area contributed by atoms with Crippen LogP contribution < -0.4 is 5.32 Å². The molecule has 8 aromatic rings. The molecule has 7 aromatic carbocycles.